The number of carbonyl (C=O) groups excluding carboxylic acids is 1. The lowest BCUT2D eigenvalue weighted by atomic mass is 9.74. The first-order valence-electron chi connectivity index (χ1n) is 9.67. The first-order valence-corrected chi connectivity index (χ1v) is 10.1. The molecule has 1 amide bonds. The molecule has 6 nitrogen and oxygen atoms in total. The van der Waals surface area contributed by atoms with Crippen LogP contribution in [0.5, 0.6) is 0 Å². The van der Waals surface area contributed by atoms with E-state index in [1.54, 1.807) is 6.20 Å². The Morgan fingerprint density at radius 1 is 1.33 bits per heavy atom. The van der Waals surface area contributed by atoms with Crippen LogP contribution in [-0.4, -0.2) is 37.9 Å². The maximum Gasteiger partial charge on any atom is 0.225 e. The molecule has 2 aromatic rings. The molecule has 4 unspecified atom stereocenters. The van der Waals surface area contributed by atoms with E-state index < -0.39 is 0 Å². The van der Waals surface area contributed by atoms with Crippen LogP contribution in [0.1, 0.15) is 32.6 Å². The summed E-state index contributed by atoms with van der Waals surface area (Å²) >= 11 is 6.36. The summed E-state index contributed by atoms with van der Waals surface area (Å²) in [6.45, 7) is 2.03. The maximum absolute atomic E-state index is 12.6. The first-order chi connectivity index (χ1) is 13.0. The molecule has 2 N–H and O–H groups in total. The monoisotopic (exact) mass is 387 g/mol. The van der Waals surface area contributed by atoms with Gasteiger partial charge < -0.3 is 15.2 Å². The Labute approximate surface area is 164 Å². The van der Waals surface area contributed by atoms with Gasteiger partial charge in [-0.2, -0.15) is 0 Å². The number of rotatable bonds is 4. The highest BCUT2D eigenvalue weighted by atomic mass is 35.5. The summed E-state index contributed by atoms with van der Waals surface area (Å²) in [5.74, 6) is 1.04. The number of anilines is 1. The summed E-state index contributed by atoms with van der Waals surface area (Å²) in [6, 6.07) is 6.14. The van der Waals surface area contributed by atoms with Gasteiger partial charge >= 0.3 is 0 Å². The Hall–Kier alpha value is -2.08. The number of aryl methyl sites for hydroxylation is 1. The molecule has 2 aromatic heterocycles. The molecule has 1 saturated heterocycles. The van der Waals surface area contributed by atoms with E-state index in [-0.39, 0.29) is 29.3 Å². The number of nitrogens with zero attached hydrogens (tertiary/aromatic N) is 3. The number of hydrogen-bond acceptors (Lipinski definition) is 4. The van der Waals surface area contributed by atoms with Crippen LogP contribution in [0, 0.1) is 11.8 Å². The topological polar surface area (TPSA) is 71.8 Å². The van der Waals surface area contributed by atoms with Crippen LogP contribution in [0.2, 0.25) is 0 Å². The van der Waals surface area contributed by atoms with Gasteiger partial charge in [-0.3, -0.25) is 4.79 Å². The van der Waals surface area contributed by atoms with Crippen molar-refractivity contribution in [1.82, 2.24) is 19.9 Å². The minimum absolute atomic E-state index is 0.0506. The number of fused-ring (bicyclic) bond motifs is 1. The molecule has 4 rings (SSSR count). The lowest BCUT2D eigenvalue weighted by Gasteiger charge is -2.42. The minimum atomic E-state index is -0.101. The number of piperidine rings is 1. The Kier molecular flexibility index (Phi) is 5.08. The third-order valence-corrected chi connectivity index (χ3v) is 6.36. The van der Waals surface area contributed by atoms with E-state index in [0.717, 1.165) is 37.1 Å². The van der Waals surface area contributed by atoms with Crippen LogP contribution >= 0.6 is 11.6 Å². The number of hydrogen-bond donors (Lipinski definition) is 2. The fourth-order valence-corrected chi connectivity index (χ4v) is 4.77. The fourth-order valence-electron chi connectivity index (χ4n) is 4.41. The number of aromatic nitrogens is 3. The van der Waals surface area contributed by atoms with Gasteiger partial charge in [0.05, 0.1) is 17.3 Å². The van der Waals surface area contributed by atoms with Gasteiger partial charge in [0.15, 0.2) is 0 Å². The summed E-state index contributed by atoms with van der Waals surface area (Å²) in [5.41, 5.74) is 1.89. The van der Waals surface area contributed by atoms with Gasteiger partial charge in [0, 0.05) is 36.9 Å². The molecule has 144 valence electrons. The van der Waals surface area contributed by atoms with Gasteiger partial charge in [-0.1, -0.05) is 0 Å². The maximum atomic E-state index is 12.6. The van der Waals surface area contributed by atoms with Gasteiger partial charge in [-0.15, -0.1) is 11.6 Å². The molecular weight excluding hydrogens is 362 g/mol. The van der Waals surface area contributed by atoms with Gasteiger partial charge in [0.25, 0.3) is 0 Å². The van der Waals surface area contributed by atoms with Crippen LogP contribution in [0.15, 0.2) is 30.6 Å². The highest BCUT2D eigenvalue weighted by Crippen LogP contribution is 2.36. The van der Waals surface area contributed by atoms with Crippen LogP contribution in [-0.2, 0) is 11.8 Å². The summed E-state index contributed by atoms with van der Waals surface area (Å²) in [7, 11) is 1.99. The number of carbonyl (C=O) groups is 1. The second kappa shape index (κ2) is 7.50. The number of alkyl halides is 1. The molecule has 0 spiro atoms. The highest BCUT2D eigenvalue weighted by Gasteiger charge is 2.41. The third-order valence-electron chi connectivity index (χ3n) is 5.96. The van der Waals surface area contributed by atoms with Crippen molar-refractivity contribution < 1.29 is 4.79 Å². The van der Waals surface area contributed by atoms with E-state index in [2.05, 4.69) is 20.6 Å². The molecule has 0 aromatic carbocycles. The van der Waals surface area contributed by atoms with Crippen LogP contribution < -0.4 is 10.6 Å². The lowest BCUT2D eigenvalue weighted by Crippen LogP contribution is -2.55. The van der Waals surface area contributed by atoms with Crippen molar-refractivity contribution in [2.75, 3.05) is 5.32 Å². The highest BCUT2D eigenvalue weighted by molar-refractivity contribution is 6.20. The van der Waals surface area contributed by atoms with Gasteiger partial charge in [0.1, 0.15) is 0 Å². The smallest absolute Gasteiger partial charge is 0.225 e. The van der Waals surface area contributed by atoms with Crippen molar-refractivity contribution >= 4 is 23.5 Å². The number of amides is 1. The Bertz CT molecular complexity index is 822. The third kappa shape index (κ3) is 3.81. The summed E-state index contributed by atoms with van der Waals surface area (Å²) in [5, 5.41) is 6.79. The standard InChI is InChI=1S/C20H26ClN5O/c1-12(15-11-13-10-14(21)5-6-16(13)24-19(15)27)23-20-22-8-7-17(25-20)18-4-3-9-26(18)2/h3-4,7-9,12-16H,5-6,10-11H2,1-2H3,(H,24,27)(H,22,23,25)/t12-,13?,14?,15?,16?/m0/s1. The van der Waals surface area contributed by atoms with Crippen LogP contribution in [0.25, 0.3) is 11.4 Å². The minimum Gasteiger partial charge on any atom is -0.353 e. The van der Waals surface area contributed by atoms with Crippen molar-refractivity contribution in [2.24, 2.45) is 18.9 Å². The molecule has 2 fully saturated rings. The van der Waals surface area contributed by atoms with Crippen molar-refractivity contribution in [2.45, 2.75) is 50.1 Å². The van der Waals surface area contributed by atoms with Crippen molar-refractivity contribution in [1.29, 1.82) is 0 Å². The molecule has 27 heavy (non-hydrogen) atoms. The normalized spacial score (nSPS) is 28.9. The average Bonchev–Trinajstić information content (AvgIpc) is 3.07. The average molecular weight is 388 g/mol. The SMILES string of the molecule is C[C@H](Nc1nccc(-c2cccn2C)n1)C1CC2CC(Cl)CCC2NC1=O. The summed E-state index contributed by atoms with van der Waals surface area (Å²) in [4.78, 5) is 21.6. The molecule has 5 atom stereocenters. The van der Waals surface area contributed by atoms with Crippen molar-refractivity contribution in [3.63, 3.8) is 0 Å². The second-order valence-corrected chi connectivity index (χ2v) is 8.45. The van der Waals surface area contributed by atoms with Crippen LogP contribution in [0.3, 0.4) is 0 Å². The molecule has 1 aliphatic heterocycles. The summed E-state index contributed by atoms with van der Waals surface area (Å²) < 4.78 is 2.02. The number of nitrogens with one attached hydrogen (secondary N) is 2. The Balaban J connectivity index is 1.46. The lowest BCUT2D eigenvalue weighted by molar-refractivity contribution is -0.130. The molecule has 3 heterocycles. The zero-order valence-electron chi connectivity index (χ0n) is 15.7. The fraction of sp³-hybridized carbons (Fsp3) is 0.550. The zero-order chi connectivity index (χ0) is 19.0. The first kappa shape index (κ1) is 18.3. The molecule has 7 heteroatoms. The molecule has 0 bridgehead atoms. The van der Waals surface area contributed by atoms with Gasteiger partial charge in [0.2, 0.25) is 11.9 Å². The molecular formula is C20H26ClN5O. The van der Waals surface area contributed by atoms with E-state index in [1.165, 1.54) is 0 Å². The summed E-state index contributed by atoms with van der Waals surface area (Å²) in [6.07, 6.45) is 7.56. The number of halogens is 1. The quantitative estimate of drug-likeness (QED) is 0.790. The zero-order valence-corrected chi connectivity index (χ0v) is 16.5. The molecule has 0 radical (unpaired) electrons. The predicted molar refractivity (Wildman–Crippen MR) is 107 cm³/mol. The van der Waals surface area contributed by atoms with E-state index in [4.69, 9.17) is 11.6 Å². The van der Waals surface area contributed by atoms with E-state index >= 15 is 0 Å². The van der Waals surface area contributed by atoms with Crippen molar-refractivity contribution in [3.05, 3.63) is 30.6 Å². The van der Waals surface area contributed by atoms with E-state index in [0.29, 0.717) is 11.9 Å². The molecule has 1 aliphatic carbocycles. The predicted octanol–water partition coefficient (Wildman–Crippen LogP) is 3.19. The largest absolute Gasteiger partial charge is 0.353 e. The van der Waals surface area contributed by atoms with E-state index in [1.807, 2.05) is 42.9 Å². The van der Waals surface area contributed by atoms with Crippen LogP contribution in [0.4, 0.5) is 5.95 Å². The molecule has 1 saturated carbocycles. The van der Waals surface area contributed by atoms with Gasteiger partial charge in [-0.05, 0) is 56.7 Å². The Morgan fingerprint density at radius 3 is 2.96 bits per heavy atom. The van der Waals surface area contributed by atoms with Crippen molar-refractivity contribution in [3.8, 4) is 11.4 Å². The Morgan fingerprint density at radius 2 is 2.19 bits per heavy atom. The second-order valence-electron chi connectivity index (χ2n) is 7.83. The molecule has 2 aliphatic rings. The van der Waals surface area contributed by atoms with E-state index in [9.17, 15) is 4.79 Å². The van der Waals surface area contributed by atoms with Gasteiger partial charge in [-0.25, -0.2) is 9.97 Å².